The summed E-state index contributed by atoms with van der Waals surface area (Å²) < 4.78 is 71.4. The van der Waals surface area contributed by atoms with Gasteiger partial charge in [-0.2, -0.15) is 0 Å². The van der Waals surface area contributed by atoms with Crippen molar-refractivity contribution >= 4 is 0 Å². The Kier molecular flexibility index (Phi) is 3.57. The van der Waals surface area contributed by atoms with Crippen molar-refractivity contribution in [3.8, 4) is 0 Å². The molecule has 0 saturated heterocycles. The van der Waals surface area contributed by atoms with Gasteiger partial charge in [0.2, 0.25) is 5.82 Å². The zero-order valence-electron chi connectivity index (χ0n) is 9.61. The molecule has 2 nitrogen and oxygen atoms in total. The van der Waals surface area contributed by atoms with Gasteiger partial charge in [0, 0.05) is 0 Å². The van der Waals surface area contributed by atoms with E-state index in [0.717, 1.165) is 0 Å². The van der Waals surface area contributed by atoms with E-state index >= 15 is 0 Å². The van der Waals surface area contributed by atoms with E-state index < -0.39 is 40.7 Å². The summed E-state index contributed by atoms with van der Waals surface area (Å²) >= 11 is 0. The maximum atomic E-state index is 13.6. The third-order valence-corrected chi connectivity index (χ3v) is 2.65. The number of benzene rings is 1. The van der Waals surface area contributed by atoms with E-state index in [0.29, 0.717) is 0 Å². The molecule has 1 heterocycles. The molecule has 0 aliphatic rings. The molecule has 0 bridgehead atoms. The largest absolute Gasteiger partial charge is 0.467 e. The van der Waals surface area contributed by atoms with Crippen molar-refractivity contribution in [2.75, 3.05) is 7.05 Å². The maximum Gasteiger partial charge on any atom is 0.200 e. The van der Waals surface area contributed by atoms with Crippen LogP contribution in [0.25, 0.3) is 0 Å². The standard InChI is InChI=1S/C12H8F5NO/c1-18-12(5-3-2-4-19-5)6-7(13)9(15)11(17)10(16)8(6)14/h2-4,12,18H,1H3. The van der Waals surface area contributed by atoms with Gasteiger partial charge in [0.15, 0.2) is 23.3 Å². The summed E-state index contributed by atoms with van der Waals surface area (Å²) in [5, 5.41) is 2.45. The van der Waals surface area contributed by atoms with E-state index in [2.05, 4.69) is 5.32 Å². The monoisotopic (exact) mass is 277 g/mol. The molecule has 0 radical (unpaired) electrons. The quantitative estimate of drug-likeness (QED) is 0.529. The van der Waals surface area contributed by atoms with E-state index in [1.807, 2.05) is 0 Å². The van der Waals surface area contributed by atoms with Crippen LogP contribution in [0.15, 0.2) is 22.8 Å². The lowest BCUT2D eigenvalue weighted by molar-refractivity contribution is 0.356. The maximum absolute atomic E-state index is 13.6. The normalized spacial score (nSPS) is 12.7. The Labute approximate surface area is 104 Å². The van der Waals surface area contributed by atoms with E-state index in [9.17, 15) is 22.0 Å². The highest BCUT2D eigenvalue weighted by molar-refractivity contribution is 5.31. The molecule has 7 heteroatoms. The molecule has 0 spiro atoms. The van der Waals surface area contributed by atoms with E-state index in [-0.39, 0.29) is 5.76 Å². The van der Waals surface area contributed by atoms with Gasteiger partial charge in [0.05, 0.1) is 17.9 Å². The number of nitrogens with one attached hydrogen (secondary N) is 1. The highest BCUT2D eigenvalue weighted by Crippen LogP contribution is 2.31. The Morgan fingerprint density at radius 1 is 0.947 bits per heavy atom. The Balaban J connectivity index is 2.68. The summed E-state index contributed by atoms with van der Waals surface area (Å²) in [5.74, 6) is -9.89. The number of hydrogen-bond acceptors (Lipinski definition) is 2. The van der Waals surface area contributed by atoms with E-state index in [1.165, 1.54) is 25.4 Å². The minimum atomic E-state index is -2.19. The molecule has 0 fully saturated rings. The molecule has 1 N–H and O–H groups in total. The van der Waals surface area contributed by atoms with Crippen molar-refractivity contribution in [3.63, 3.8) is 0 Å². The molecule has 0 amide bonds. The first-order chi connectivity index (χ1) is 8.99. The van der Waals surface area contributed by atoms with Gasteiger partial charge in [-0.1, -0.05) is 0 Å². The molecule has 0 aliphatic carbocycles. The molecule has 2 aromatic rings. The second kappa shape index (κ2) is 5.00. The minimum Gasteiger partial charge on any atom is -0.467 e. The highest BCUT2D eigenvalue weighted by atomic mass is 19.2. The minimum absolute atomic E-state index is 0.0331. The fraction of sp³-hybridized carbons (Fsp3) is 0.167. The van der Waals surface area contributed by atoms with E-state index in [4.69, 9.17) is 4.42 Å². The molecule has 102 valence electrons. The second-order valence-electron chi connectivity index (χ2n) is 3.72. The molecule has 0 aliphatic heterocycles. The van der Waals surface area contributed by atoms with Gasteiger partial charge in [-0.25, -0.2) is 22.0 Å². The first-order valence-electron chi connectivity index (χ1n) is 5.21. The van der Waals surface area contributed by atoms with Gasteiger partial charge >= 0.3 is 0 Å². The second-order valence-corrected chi connectivity index (χ2v) is 3.72. The van der Waals surface area contributed by atoms with Crippen molar-refractivity contribution < 1.29 is 26.4 Å². The molecule has 1 aromatic heterocycles. The van der Waals surface area contributed by atoms with Crippen molar-refractivity contribution in [1.82, 2.24) is 5.32 Å². The Morgan fingerprint density at radius 2 is 1.47 bits per heavy atom. The van der Waals surface area contributed by atoms with Crippen LogP contribution in [0.1, 0.15) is 17.4 Å². The number of hydrogen-bond donors (Lipinski definition) is 1. The van der Waals surface area contributed by atoms with Gasteiger partial charge in [-0.05, 0) is 19.2 Å². The highest BCUT2D eigenvalue weighted by Gasteiger charge is 2.31. The van der Waals surface area contributed by atoms with Crippen LogP contribution in [0.4, 0.5) is 22.0 Å². The predicted octanol–water partition coefficient (Wildman–Crippen LogP) is 3.28. The van der Waals surface area contributed by atoms with Crippen LogP contribution in [-0.4, -0.2) is 7.05 Å². The first-order valence-corrected chi connectivity index (χ1v) is 5.21. The zero-order valence-corrected chi connectivity index (χ0v) is 9.61. The van der Waals surface area contributed by atoms with Crippen LogP contribution in [0.3, 0.4) is 0 Å². The summed E-state index contributed by atoms with van der Waals surface area (Å²) in [6.45, 7) is 0. The molecule has 2 rings (SSSR count). The third kappa shape index (κ3) is 2.10. The smallest absolute Gasteiger partial charge is 0.200 e. The van der Waals surface area contributed by atoms with Crippen molar-refractivity contribution in [3.05, 3.63) is 58.8 Å². The lowest BCUT2D eigenvalue weighted by atomic mass is 10.0. The van der Waals surface area contributed by atoms with Gasteiger partial charge in [-0.3, -0.25) is 0 Å². The Hall–Kier alpha value is -1.89. The molecular formula is C12H8F5NO. The molecule has 1 unspecified atom stereocenters. The Morgan fingerprint density at radius 3 is 1.89 bits per heavy atom. The number of rotatable bonds is 3. The van der Waals surface area contributed by atoms with Crippen LogP contribution in [0.5, 0.6) is 0 Å². The van der Waals surface area contributed by atoms with Gasteiger partial charge in [-0.15, -0.1) is 0 Å². The van der Waals surface area contributed by atoms with Gasteiger partial charge in [0.25, 0.3) is 0 Å². The number of furan rings is 1. The summed E-state index contributed by atoms with van der Waals surface area (Å²) in [6.07, 6.45) is 1.23. The first kappa shape index (κ1) is 13.5. The van der Waals surface area contributed by atoms with Crippen molar-refractivity contribution in [1.29, 1.82) is 0 Å². The summed E-state index contributed by atoms with van der Waals surface area (Å²) in [6, 6.07) is 1.52. The van der Waals surface area contributed by atoms with Crippen LogP contribution >= 0.6 is 0 Å². The average Bonchev–Trinajstić information content (AvgIpc) is 2.93. The topological polar surface area (TPSA) is 25.2 Å². The van der Waals surface area contributed by atoms with E-state index in [1.54, 1.807) is 0 Å². The molecule has 0 saturated carbocycles. The zero-order chi connectivity index (χ0) is 14.2. The lowest BCUT2D eigenvalue weighted by Gasteiger charge is -2.16. The lowest BCUT2D eigenvalue weighted by Crippen LogP contribution is -2.22. The summed E-state index contributed by atoms with van der Waals surface area (Å²) in [5.41, 5.74) is -0.978. The Bertz CT molecular complexity index is 568. The molecule has 19 heavy (non-hydrogen) atoms. The van der Waals surface area contributed by atoms with Gasteiger partial charge in [0.1, 0.15) is 5.76 Å². The number of halogens is 5. The SMILES string of the molecule is CNC(c1ccco1)c1c(F)c(F)c(F)c(F)c1F. The van der Waals surface area contributed by atoms with Crippen LogP contribution in [-0.2, 0) is 0 Å². The van der Waals surface area contributed by atoms with Crippen LogP contribution in [0.2, 0.25) is 0 Å². The molecular weight excluding hydrogens is 269 g/mol. The van der Waals surface area contributed by atoms with Crippen LogP contribution < -0.4 is 5.32 Å². The fourth-order valence-electron chi connectivity index (χ4n) is 1.76. The third-order valence-electron chi connectivity index (χ3n) is 2.65. The average molecular weight is 277 g/mol. The molecule has 1 aromatic carbocycles. The van der Waals surface area contributed by atoms with Crippen molar-refractivity contribution in [2.24, 2.45) is 0 Å². The predicted molar refractivity (Wildman–Crippen MR) is 55.8 cm³/mol. The molecule has 1 atom stereocenters. The summed E-state index contributed by atoms with van der Waals surface area (Å²) in [4.78, 5) is 0. The summed E-state index contributed by atoms with van der Waals surface area (Å²) in [7, 11) is 1.31. The van der Waals surface area contributed by atoms with Crippen molar-refractivity contribution in [2.45, 2.75) is 6.04 Å². The van der Waals surface area contributed by atoms with Crippen LogP contribution in [0, 0.1) is 29.1 Å². The van der Waals surface area contributed by atoms with Gasteiger partial charge < -0.3 is 9.73 Å². The fourth-order valence-corrected chi connectivity index (χ4v) is 1.76.